The molecule has 1 aliphatic carbocycles. The van der Waals surface area contributed by atoms with Crippen LogP contribution in [-0.2, 0) is 32.6 Å². The SMILES string of the molecule is COc1cccc(CN(C(=O)CN(c2cc(Cl)ccc2OC)S(C)(=O)=O)[C@@H](Cc2ccccc2)C(=O)NC2CCCCC2)c1. The zero-order valence-electron chi connectivity index (χ0n) is 25.4. The highest BCUT2D eigenvalue weighted by Crippen LogP contribution is 2.33. The van der Waals surface area contributed by atoms with Crippen molar-refractivity contribution in [2.24, 2.45) is 0 Å². The number of nitrogens with zero attached hydrogens (tertiary/aromatic N) is 2. The van der Waals surface area contributed by atoms with Crippen molar-refractivity contribution in [3.8, 4) is 11.5 Å². The first-order valence-electron chi connectivity index (χ1n) is 14.7. The second-order valence-electron chi connectivity index (χ2n) is 11.0. The molecule has 236 valence electrons. The number of methoxy groups -OCH3 is 2. The summed E-state index contributed by atoms with van der Waals surface area (Å²) in [5.74, 6) is 0.00804. The van der Waals surface area contributed by atoms with E-state index in [9.17, 15) is 18.0 Å². The molecule has 11 heteroatoms. The van der Waals surface area contributed by atoms with Gasteiger partial charge in [-0.25, -0.2) is 8.42 Å². The predicted molar refractivity (Wildman–Crippen MR) is 173 cm³/mol. The third-order valence-electron chi connectivity index (χ3n) is 7.80. The number of rotatable bonds is 13. The van der Waals surface area contributed by atoms with Crippen LogP contribution in [0.5, 0.6) is 11.5 Å². The highest BCUT2D eigenvalue weighted by atomic mass is 35.5. The van der Waals surface area contributed by atoms with Crippen molar-refractivity contribution in [1.29, 1.82) is 0 Å². The molecule has 3 aromatic carbocycles. The van der Waals surface area contributed by atoms with E-state index in [1.807, 2.05) is 42.5 Å². The molecule has 0 aliphatic heterocycles. The molecule has 1 saturated carbocycles. The molecule has 0 unspecified atom stereocenters. The van der Waals surface area contributed by atoms with Crippen LogP contribution in [0.25, 0.3) is 0 Å². The zero-order chi connectivity index (χ0) is 31.7. The van der Waals surface area contributed by atoms with Gasteiger partial charge in [0.15, 0.2) is 0 Å². The second-order valence-corrected chi connectivity index (χ2v) is 13.4. The number of ether oxygens (including phenoxy) is 2. The minimum atomic E-state index is -3.98. The molecule has 4 rings (SSSR count). The number of hydrogen-bond acceptors (Lipinski definition) is 6. The summed E-state index contributed by atoms with van der Waals surface area (Å²) in [4.78, 5) is 29.9. The van der Waals surface area contributed by atoms with Crippen molar-refractivity contribution in [3.05, 3.63) is 88.9 Å². The summed E-state index contributed by atoms with van der Waals surface area (Å²) in [7, 11) is -1.01. The lowest BCUT2D eigenvalue weighted by atomic mass is 9.94. The first-order valence-corrected chi connectivity index (χ1v) is 16.9. The molecule has 0 radical (unpaired) electrons. The molecule has 1 N–H and O–H groups in total. The predicted octanol–water partition coefficient (Wildman–Crippen LogP) is 5.21. The summed E-state index contributed by atoms with van der Waals surface area (Å²) < 4.78 is 38.1. The van der Waals surface area contributed by atoms with Crippen LogP contribution in [-0.4, -0.2) is 64.2 Å². The van der Waals surface area contributed by atoms with Crippen molar-refractivity contribution in [2.45, 2.75) is 57.2 Å². The fraction of sp³-hybridized carbons (Fsp3) is 0.394. The van der Waals surface area contributed by atoms with Gasteiger partial charge in [-0.2, -0.15) is 0 Å². The quantitative estimate of drug-likeness (QED) is 0.275. The molecule has 2 amide bonds. The standard InChI is InChI=1S/C33H40ClN3O6S/c1-42-28-16-10-13-25(19-28)22-36(32(38)23-37(44(3,40)41)29-21-26(34)17-18-31(29)43-2)30(20-24-11-6-4-7-12-24)33(39)35-27-14-8-5-9-15-27/h4,6-7,10-13,16-19,21,27,30H,5,8-9,14-15,20,22-23H2,1-3H3,(H,35,39)/t30-/m0/s1. The van der Waals surface area contributed by atoms with Crippen molar-refractivity contribution in [2.75, 3.05) is 31.3 Å². The molecule has 0 aromatic heterocycles. The van der Waals surface area contributed by atoms with Crippen molar-refractivity contribution < 1.29 is 27.5 Å². The molecule has 0 heterocycles. The van der Waals surface area contributed by atoms with E-state index in [-0.39, 0.29) is 41.4 Å². The van der Waals surface area contributed by atoms with Crippen LogP contribution in [0, 0.1) is 0 Å². The molecule has 1 aliphatic rings. The molecule has 1 atom stereocenters. The van der Waals surface area contributed by atoms with Gasteiger partial charge in [-0.1, -0.05) is 73.3 Å². The molecule has 0 bridgehead atoms. The van der Waals surface area contributed by atoms with Gasteiger partial charge in [-0.15, -0.1) is 0 Å². The Labute approximate surface area is 265 Å². The van der Waals surface area contributed by atoms with E-state index in [1.165, 1.54) is 18.1 Å². The van der Waals surface area contributed by atoms with Gasteiger partial charge in [-0.05, 0) is 54.3 Å². The maximum absolute atomic E-state index is 14.4. The van der Waals surface area contributed by atoms with Gasteiger partial charge < -0.3 is 19.7 Å². The Morgan fingerprint density at radius 3 is 2.30 bits per heavy atom. The summed E-state index contributed by atoms with van der Waals surface area (Å²) in [6.45, 7) is -0.516. The van der Waals surface area contributed by atoms with E-state index in [4.69, 9.17) is 21.1 Å². The number of hydrogen-bond donors (Lipinski definition) is 1. The van der Waals surface area contributed by atoms with Crippen LogP contribution in [0.2, 0.25) is 5.02 Å². The Balaban J connectivity index is 1.76. The molecule has 9 nitrogen and oxygen atoms in total. The molecular formula is C33H40ClN3O6S. The lowest BCUT2D eigenvalue weighted by Gasteiger charge is -2.35. The maximum Gasteiger partial charge on any atom is 0.244 e. The number of amides is 2. The van der Waals surface area contributed by atoms with Crippen molar-refractivity contribution in [3.63, 3.8) is 0 Å². The normalized spacial score (nSPS) is 14.4. The monoisotopic (exact) mass is 641 g/mol. The topological polar surface area (TPSA) is 105 Å². The van der Waals surface area contributed by atoms with Gasteiger partial charge in [0, 0.05) is 24.0 Å². The minimum absolute atomic E-state index is 0.0199. The molecule has 44 heavy (non-hydrogen) atoms. The average Bonchev–Trinajstić information content (AvgIpc) is 3.02. The van der Waals surface area contributed by atoms with Crippen LogP contribution in [0.1, 0.15) is 43.2 Å². The highest BCUT2D eigenvalue weighted by Gasteiger charge is 2.34. The smallest absolute Gasteiger partial charge is 0.244 e. The summed E-state index contributed by atoms with van der Waals surface area (Å²) in [5, 5.41) is 3.48. The summed E-state index contributed by atoms with van der Waals surface area (Å²) in [6, 6.07) is 20.4. The largest absolute Gasteiger partial charge is 0.497 e. The first-order chi connectivity index (χ1) is 21.1. The Hall–Kier alpha value is -3.76. The molecule has 3 aromatic rings. The third kappa shape index (κ3) is 8.89. The van der Waals surface area contributed by atoms with Crippen LogP contribution in [0.15, 0.2) is 72.8 Å². The summed E-state index contributed by atoms with van der Waals surface area (Å²) in [6.07, 6.45) is 6.22. The number of carbonyl (C=O) groups is 2. The number of benzene rings is 3. The van der Waals surface area contributed by atoms with Gasteiger partial charge in [0.05, 0.1) is 26.2 Å². The maximum atomic E-state index is 14.4. The minimum Gasteiger partial charge on any atom is -0.497 e. The van der Waals surface area contributed by atoms with E-state index in [1.54, 1.807) is 31.4 Å². The van der Waals surface area contributed by atoms with E-state index < -0.39 is 28.5 Å². The van der Waals surface area contributed by atoms with Crippen molar-refractivity contribution in [1.82, 2.24) is 10.2 Å². The third-order valence-corrected chi connectivity index (χ3v) is 9.16. The molecule has 0 saturated heterocycles. The van der Waals surface area contributed by atoms with Crippen LogP contribution in [0.3, 0.4) is 0 Å². The fourth-order valence-electron chi connectivity index (χ4n) is 5.52. The zero-order valence-corrected chi connectivity index (χ0v) is 26.9. The van der Waals surface area contributed by atoms with Crippen LogP contribution in [0.4, 0.5) is 5.69 Å². The number of carbonyl (C=O) groups excluding carboxylic acids is 2. The first kappa shape index (κ1) is 33.1. The Morgan fingerprint density at radius 2 is 1.64 bits per heavy atom. The fourth-order valence-corrected chi connectivity index (χ4v) is 6.53. The molecule has 0 spiro atoms. The van der Waals surface area contributed by atoms with E-state index in [2.05, 4.69) is 5.32 Å². The van der Waals surface area contributed by atoms with Gasteiger partial charge in [0.25, 0.3) is 0 Å². The second kappa shape index (κ2) is 15.3. The van der Waals surface area contributed by atoms with E-state index >= 15 is 0 Å². The Morgan fingerprint density at radius 1 is 0.932 bits per heavy atom. The van der Waals surface area contributed by atoms with E-state index in [0.717, 1.165) is 53.8 Å². The Kier molecular flexibility index (Phi) is 11.5. The number of sulfonamides is 1. The van der Waals surface area contributed by atoms with Gasteiger partial charge >= 0.3 is 0 Å². The van der Waals surface area contributed by atoms with Gasteiger partial charge in [-0.3, -0.25) is 13.9 Å². The van der Waals surface area contributed by atoms with Crippen LogP contribution >= 0.6 is 11.6 Å². The van der Waals surface area contributed by atoms with E-state index in [0.29, 0.717) is 5.75 Å². The summed E-state index contributed by atoms with van der Waals surface area (Å²) >= 11 is 6.24. The number of nitrogens with one attached hydrogen (secondary N) is 1. The summed E-state index contributed by atoms with van der Waals surface area (Å²) in [5.41, 5.74) is 1.73. The lowest BCUT2D eigenvalue weighted by molar-refractivity contribution is -0.140. The van der Waals surface area contributed by atoms with Crippen molar-refractivity contribution >= 4 is 39.1 Å². The number of anilines is 1. The molecule has 1 fully saturated rings. The van der Waals surface area contributed by atoms with Crippen LogP contribution < -0.4 is 19.1 Å². The van der Waals surface area contributed by atoms with Gasteiger partial charge in [0.2, 0.25) is 21.8 Å². The molecular weight excluding hydrogens is 602 g/mol. The van der Waals surface area contributed by atoms with Gasteiger partial charge in [0.1, 0.15) is 24.1 Å². The number of halogens is 1. The lowest BCUT2D eigenvalue weighted by Crippen LogP contribution is -2.55. The Bertz CT molecular complexity index is 1530. The average molecular weight is 642 g/mol. The highest BCUT2D eigenvalue weighted by molar-refractivity contribution is 7.92.